The van der Waals surface area contributed by atoms with Gasteiger partial charge in [-0.3, -0.25) is 0 Å². The summed E-state index contributed by atoms with van der Waals surface area (Å²) in [5, 5.41) is 11.7. The summed E-state index contributed by atoms with van der Waals surface area (Å²) in [7, 11) is 2.00. The predicted molar refractivity (Wildman–Crippen MR) is 85.6 cm³/mol. The molecule has 0 radical (unpaired) electrons. The van der Waals surface area contributed by atoms with Crippen molar-refractivity contribution in [2.24, 2.45) is 0 Å². The maximum atomic E-state index is 4.24. The van der Waals surface area contributed by atoms with Crippen LogP contribution in [0.3, 0.4) is 0 Å². The third-order valence-corrected chi connectivity index (χ3v) is 3.91. The molecule has 2 aromatic rings. The van der Waals surface area contributed by atoms with Crippen molar-refractivity contribution in [1.29, 1.82) is 0 Å². The van der Waals surface area contributed by atoms with Crippen LogP contribution < -0.4 is 5.32 Å². The summed E-state index contributed by atoms with van der Waals surface area (Å²) >= 11 is 0. The van der Waals surface area contributed by atoms with Crippen molar-refractivity contribution in [3.05, 3.63) is 42.2 Å². The van der Waals surface area contributed by atoms with Crippen molar-refractivity contribution >= 4 is 0 Å². The molecule has 2 rings (SSSR count). The Labute approximate surface area is 127 Å². The first kappa shape index (κ1) is 15.7. The molecule has 0 bridgehead atoms. The van der Waals surface area contributed by atoms with E-state index in [0.29, 0.717) is 0 Å². The first-order valence-corrected chi connectivity index (χ1v) is 7.65. The molecule has 1 atom stereocenters. The zero-order valence-corrected chi connectivity index (χ0v) is 13.2. The monoisotopic (exact) mass is 287 g/mol. The van der Waals surface area contributed by atoms with Crippen LogP contribution in [0, 0.1) is 0 Å². The van der Waals surface area contributed by atoms with Crippen LogP contribution in [0.1, 0.15) is 32.0 Å². The van der Waals surface area contributed by atoms with Gasteiger partial charge in [0, 0.05) is 0 Å². The van der Waals surface area contributed by atoms with Gasteiger partial charge in [-0.05, 0) is 45.2 Å². The fraction of sp³-hybridized carbons (Fsp3) is 0.500. The first-order chi connectivity index (χ1) is 10.3. The van der Waals surface area contributed by atoms with Crippen LogP contribution >= 0.6 is 0 Å². The minimum absolute atomic E-state index is 0.251. The second-order valence-corrected chi connectivity index (χ2v) is 5.06. The molecule has 1 N–H and O–H groups in total. The highest BCUT2D eigenvalue weighted by Crippen LogP contribution is 2.19. The molecular formula is C16H25N5. The Balaban J connectivity index is 2.14. The topological polar surface area (TPSA) is 46.0 Å². The van der Waals surface area contributed by atoms with E-state index >= 15 is 0 Å². The number of rotatable bonds is 8. The zero-order valence-electron chi connectivity index (χ0n) is 13.2. The molecular weight excluding hydrogens is 262 g/mol. The molecule has 114 valence electrons. The van der Waals surface area contributed by atoms with E-state index in [1.807, 2.05) is 36.1 Å². The molecule has 0 amide bonds. The summed E-state index contributed by atoms with van der Waals surface area (Å²) < 4.78 is 1.92. The number of nitrogens with zero attached hydrogens (tertiary/aromatic N) is 4. The molecule has 1 aromatic heterocycles. The van der Waals surface area contributed by atoms with Gasteiger partial charge in [0.25, 0.3) is 0 Å². The average Bonchev–Trinajstić information content (AvgIpc) is 3.02. The van der Waals surface area contributed by atoms with Crippen molar-refractivity contribution < 1.29 is 0 Å². The quantitative estimate of drug-likeness (QED) is 0.809. The SMILES string of the molecule is CCN(CC)CCC(NC)c1cnnn1-c1ccccc1. The molecule has 1 heterocycles. The standard InChI is InChI=1S/C16H25N5/c1-4-20(5-2)12-11-15(17-3)16-13-18-19-21(16)14-9-7-6-8-10-14/h6-10,13,15,17H,4-5,11-12H2,1-3H3. The van der Waals surface area contributed by atoms with Gasteiger partial charge < -0.3 is 10.2 Å². The Kier molecular flexibility index (Phi) is 5.90. The lowest BCUT2D eigenvalue weighted by atomic mass is 10.1. The molecule has 5 heteroatoms. The Morgan fingerprint density at radius 2 is 1.90 bits per heavy atom. The van der Waals surface area contributed by atoms with E-state index in [1.54, 1.807) is 0 Å². The van der Waals surface area contributed by atoms with Gasteiger partial charge in [-0.15, -0.1) is 5.10 Å². The van der Waals surface area contributed by atoms with Gasteiger partial charge >= 0.3 is 0 Å². The van der Waals surface area contributed by atoms with Crippen LogP contribution in [0.5, 0.6) is 0 Å². The number of nitrogens with one attached hydrogen (secondary N) is 1. The Bertz CT molecular complexity index is 518. The fourth-order valence-corrected chi connectivity index (χ4v) is 2.54. The van der Waals surface area contributed by atoms with Gasteiger partial charge in [0.2, 0.25) is 0 Å². The smallest absolute Gasteiger partial charge is 0.0815 e. The highest BCUT2D eigenvalue weighted by atomic mass is 15.4. The Morgan fingerprint density at radius 1 is 1.19 bits per heavy atom. The lowest BCUT2D eigenvalue weighted by Gasteiger charge is -2.22. The molecule has 0 saturated heterocycles. The number of para-hydroxylation sites is 1. The van der Waals surface area contributed by atoms with E-state index < -0.39 is 0 Å². The molecule has 0 aliphatic heterocycles. The molecule has 0 aliphatic carbocycles. The predicted octanol–water partition coefficient (Wildman–Crippen LogP) is 2.26. The third kappa shape index (κ3) is 3.89. The number of hydrogen-bond donors (Lipinski definition) is 1. The summed E-state index contributed by atoms with van der Waals surface area (Å²) in [6, 6.07) is 10.4. The first-order valence-electron chi connectivity index (χ1n) is 7.65. The van der Waals surface area contributed by atoms with Gasteiger partial charge in [-0.25, -0.2) is 4.68 Å². The number of aromatic nitrogens is 3. The molecule has 5 nitrogen and oxygen atoms in total. The lowest BCUT2D eigenvalue weighted by Crippen LogP contribution is -2.29. The minimum Gasteiger partial charge on any atom is -0.312 e. The molecule has 1 unspecified atom stereocenters. The molecule has 21 heavy (non-hydrogen) atoms. The van der Waals surface area contributed by atoms with Crippen LogP contribution in [0.15, 0.2) is 36.5 Å². The average molecular weight is 287 g/mol. The van der Waals surface area contributed by atoms with Gasteiger partial charge in [0.1, 0.15) is 0 Å². The molecule has 0 fully saturated rings. The molecule has 0 saturated carbocycles. The summed E-state index contributed by atoms with van der Waals surface area (Å²) in [4.78, 5) is 2.43. The van der Waals surface area contributed by atoms with Crippen LogP contribution in [0.2, 0.25) is 0 Å². The van der Waals surface area contributed by atoms with E-state index in [4.69, 9.17) is 0 Å². The van der Waals surface area contributed by atoms with E-state index in [2.05, 4.69) is 46.5 Å². The van der Waals surface area contributed by atoms with E-state index in [-0.39, 0.29) is 6.04 Å². The van der Waals surface area contributed by atoms with Gasteiger partial charge in [-0.1, -0.05) is 37.3 Å². The normalized spacial score (nSPS) is 12.8. The van der Waals surface area contributed by atoms with Crippen molar-refractivity contribution in [1.82, 2.24) is 25.2 Å². The largest absolute Gasteiger partial charge is 0.312 e. The van der Waals surface area contributed by atoms with Crippen LogP contribution in [-0.2, 0) is 0 Å². The van der Waals surface area contributed by atoms with E-state index in [9.17, 15) is 0 Å². The highest BCUT2D eigenvalue weighted by molar-refractivity contribution is 5.32. The molecule has 0 aliphatic rings. The van der Waals surface area contributed by atoms with Gasteiger partial charge in [0.05, 0.1) is 23.6 Å². The Hall–Kier alpha value is -1.72. The van der Waals surface area contributed by atoms with Crippen LogP contribution in [0.4, 0.5) is 0 Å². The molecule has 1 aromatic carbocycles. The summed E-state index contributed by atoms with van der Waals surface area (Å²) in [5.74, 6) is 0. The summed E-state index contributed by atoms with van der Waals surface area (Å²) in [6.07, 6.45) is 2.90. The summed E-state index contributed by atoms with van der Waals surface area (Å²) in [5.41, 5.74) is 2.16. The minimum atomic E-state index is 0.251. The lowest BCUT2D eigenvalue weighted by molar-refractivity contribution is 0.282. The van der Waals surface area contributed by atoms with E-state index in [1.165, 1.54) is 0 Å². The third-order valence-electron chi connectivity index (χ3n) is 3.91. The van der Waals surface area contributed by atoms with Crippen molar-refractivity contribution in [2.45, 2.75) is 26.3 Å². The van der Waals surface area contributed by atoms with Crippen LogP contribution in [-0.4, -0.2) is 46.6 Å². The summed E-state index contributed by atoms with van der Waals surface area (Å²) in [6.45, 7) is 7.64. The van der Waals surface area contributed by atoms with Crippen molar-refractivity contribution in [3.63, 3.8) is 0 Å². The van der Waals surface area contributed by atoms with E-state index in [0.717, 1.165) is 37.4 Å². The second kappa shape index (κ2) is 7.90. The maximum Gasteiger partial charge on any atom is 0.0815 e. The maximum absolute atomic E-state index is 4.24. The fourth-order valence-electron chi connectivity index (χ4n) is 2.54. The highest BCUT2D eigenvalue weighted by Gasteiger charge is 2.17. The Morgan fingerprint density at radius 3 is 2.52 bits per heavy atom. The van der Waals surface area contributed by atoms with Crippen molar-refractivity contribution in [3.8, 4) is 5.69 Å². The number of benzene rings is 1. The van der Waals surface area contributed by atoms with Gasteiger partial charge in [0.15, 0.2) is 0 Å². The van der Waals surface area contributed by atoms with Crippen molar-refractivity contribution in [2.75, 3.05) is 26.7 Å². The second-order valence-electron chi connectivity index (χ2n) is 5.06. The van der Waals surface area contributed by atoms with Crippen LogP contribution in [0.25, 0.3) is 5.69 Å². The number of hydrogen-bond acceptors (Lipinski definition) is 4. The molecule has 0 spiro atoms. The zero-order chi connectivity index (χ0) is 15.1. The van der Waals surface area contributed by atoms with Gasteiger partial charge in [-0.2, -0.15) is 0 Å².